The summed E-state index contributed by atoms with van der Waals surface area (Å²) in [6.45, 7) is 4.19. The first-order chi connectivity index (χ1) is 14.6. The number of carbonyl (C=O) groups is 2. The number of anilines is 2. The van der Waals surface area contributed by atoms with Crippen molar-refractivity contribution in [3.05, 3.63) is 90.0 Å². The van der Waals surface area contributed by atoms with Crippen LogP contribution in [0.4, 0.5) is 11.4 Å². The zero-order valence-electron chi connectivity index (χ0n) is 17.2. The first-order valence-electron chi connectivity index (χ1n) is 10.0. The van der Waals surface area contributed by atoms with Crippen molar-refractivity contribution >= 4 is 23.2 Å². The molecule has 0 aliphatic rings. The van der Waals surface area contributed by atoms with Crippen LogP contribution in [-0.2, 0) is 4.79 Å². The molecule has 2 N–H and O–H groups in total. The predicted molar refractivity (Wildman–Crippen MR) is 120 cm³/mol. The van der Waals surface area contributed by atoms with E-state index in [0.717, 1.165) is 17.7 Å². The van der Waals surface area contributed by atoms with Crippen LogP contribution in [0.5, 0.6) is 5.75 Å². The number of ether oxygens (including phenoxy) is 1. The highest BCUT2D eigenvalue weighted by atomic mass is 16.5. The Labute approximate surface area is 177 Å². The van der Waals surface area contributed by atoms with E-state index in [0.29, 0.717) is 22.9 Å². The maximum atomic E-state index is 12.3. The number of carbonyl (C=O) groups excluding carboxylic acids is 2. The Morgan fingerprint density at radius 2 is 1.43 bits per heavy atom. The number of hydrogen-bond acceptors (Lipinski definition) is 3. The maximum Gasteiger partial charge on any atom is 0.262 e. The lowest BCUT2D eigenvalue weighted by molar-refractivity contribution is -0.118. The summed E-state index contributed by atoms with van der Waals surface area (Å²) in [6.07, 6.45) is 1.000. The second-order valence-electron chi connectivity index (χ2n) is 7.08. The second kappa shape index (κ2) is 10.3. The van der Waals surface area contributed by atoms with Crippen molar-refractivity contribution in [2.24, 2.45) is 0 Å². The van der Waals surface area contributed by atoms with Crippen molar-refractivity contribution in [3.8, 4) is 5.75 Å². The smallest absolute Gasteiger partial charge is 0.262 e. The van der Waals surface area contributed by atoms with E-state index in [1.165, 1.54) is 0 Å². The first-order valence-corrected chi connectivity index (χ1v) is 10.0. The van der Waals surface area contributed by atoms with Crippen molar-refractivity contribution in [2.45, 2.75) is 26.2 Å². The van der Waals surface area contributed by atoms with E-state index in [1.807, 2.05) is 42.5 Å². The summed E-state index contributed by atoms with van der Waals surface area (Å²) < 4.78 is 5.75. The van der Waals surface area contributed by atoms with Crippen LogP contribution in [0.1, 0.15) is 42.1 Å². The van der Waals surface area contributed by atoms with Crippen molar-refractivity contribution in [3.63, 3.8) is 0 Å². The molecule has 3 aromatic rings. The molecule has 0 spiro atoms. The van der Waals surface area contributed by atoms with Gasteiger partial charge < -0.3 is 15.4 Å². The molecule has 0 radical (unpaired) electrons. The van der Waals surface area contributed by atoms with Crippen LogP contribution in [0, 0.1) is 0 Å². The van der Waals surface area contributed by atoms with Gasteiger partial charge in [0, 0.05) is 16.9 Å². The van der Waals surface area contributed by atoms with Gasteiger partial charge in [-0.2, -0.15) is 0 Å². The summed E-state index contributed by atoms with van der Waals surface area (Å²) in [6, 6.07) is 23.8. The van der Waals surface area contributed by atoms with Crippen LogP contribution in [0.3, 0.4) is 0 Å². The first kappa shape index (κ1) is 21.1. The standard InChI is InChI=1S/C25H26N2O3/c1-3-18(2)22-11-7-8-12-23(22)30-17-24(28)26-20-13-15-21(16-14-20)27-25(29)19-9-5-4-6-10-19/h4-16,18H,3,17H2,1-2H3,(H,26,28)(H,27,29). The molecule has 2 amide bonds. The topological polar surface area (TPSA) is 67.4 Å². The molecule has 30 heavy (non-hydrogen) atoms. The van der Waals surface area contributed by atoms with Crippen molar-refractivity contribution in [1.82, 2.24) is 0 Å². The lowest BCUT2D eigenvalue weighted by Gasteiger charge is -2.15. The van der Waals surface area contributed by atoms with Crippen molar-refractivity contribution in [1.29, 1.82) is 0 Å². The average molecular weight is 402 g/mol. The van der Waals surface area contributed by atoms with Gasteiger partial charge >= 0.3 is 0 Å². The Morgan fingerprint density at radius 1 is 0.833 bits per heavy atom. The van der Waals surface area contributed by atoms with E-state index in [-0.39, 0.29) is 18.4 Å². The molecular formula is C25H26N2O3. The lowest BCUT2D eigenvalue weighted by atomic mass is 9.98. The fourth-order valence-corrected chi connectivity index (χ4v) is 3.01. The van der Waals surface area contributed by atoms with E-state index >= 15 is 0 Å². The third-order valence-electron chi connectivity index (χ3n) is 4.88. The van der Waals surface area contributed by atoms with Gasteiger partial charge in [-0.05, 0) is 60.4 Å². The average Bonchev–Trinajstić information content (AvgIpc) is 2.79. The number of para-hydroxylation sites is 1. The Balaban J connectivity index is 1.53. The van der Waals surface area contributed by atoms with Gasteiger partial charge in [-0.25, -0.2) is 0 Å². The summed E-state index contributed by atoms with van der Waals surface area (Å²) in [5, 5.41) is 5.64. The van der Waals surface area contributed by atoms with E-state index < -0.39 is 0 Å². The van der Waals surface area contributed by atoms with Gasteiger partial charge in [0.05, 0.1) is 0 Å². The number of benzene rings is 3. The Morgan fingerprint density at radius 3 is 2.10 bits per heavy atom. The Bertz CT molecular complexity index is 985. The highest BCUT2D eigenvalue weighted by molar-refractivity contribution is 6.04. The predicted octanol–water partition coefficient (Wildman–Crippen LogP) is 5.47. The largest absolute Gasteiger partial charge is 0.483 e. The molecule has 5 nitrogen and oxygen atoms in total. The van der Waals surface area contributed by atoms with Gasteiger partial charge in [0.2, 0.25) is 0 Å². The molecule has 154 valence electrons. The fraction of sp³-hybridized carbons (Fsp3) is 0.200. The molecule has 0 heterocycles. The second-order valence-corrected chi connectivity index (χ2v) is 7.08. The summed E-state index contributed by atoms with van der Waals surface area (Å²) in [5.41, 5.74) is 2.98. The molecule has 0 fully saturated rings. The van der Waals surface area contributed by atoms with Crippen LogP contribution in [-0.4, -0.2) is 18.4 Å². The molecule has 3 aromatic carbocycles. The molecule has 0 saturated carbocycles. The quantitative estimate of drug-likeness (QED) is 0.525. The number of nitrogens with one attached hydrogen (secondary N) is 2. The molecular weight excluding hydrogens is 376 g/mol. The maximum absolute atomic E-state index is 12.3. The van der Waals surface area contributed by atoms with E-state index in [2.05, 4.69) is 24.5 Å². The van der Waals surface area contributed by atoms with Crippen LogP contribution >= 0.6 is 0 Å². The molecule has 0 aliphatic carbocycles. The molecule has 1 atom stereocenters. The van der Waals surface area contributed by atoms with Crippen molar-refractivity contribution in [2.75, 3.05) is 17.2 Å². The molecule has 1 unspecified atom stereocenters. The summed E-state index contributed by atoms with van der Waals surface area (Å²) in [7, 11) is 0. The van der Waals surface area contributed by atoms with Gasteiger partial charge in [-0.3, -0.25) is 9.59 Å². The molecule has 0 aromatic heterocycles. The van der Waals surface area contributed by atoms with Gasteiger partial charge in [0.15, 0.2) is 6.61 Å². The minimum atomic E-state index is -0.241. The minimum absolute atomic E-state index is 0.0695. The van der Waals surface area contributed by atoms with Crippen LogP contribution in [0.15, 0.2) is 78.9 Å². The van der Waals surface area contributed by atoms with Crippen molar-refractivity contribution < 1.29 is 14.3 Å². The third-order valence-corrected chi connectivity index (χ3v) is 4.88. The summed E-state index contributed by atoms with van der Waals surface area (Å²) in [5.74, 6) is 0.680. The van der Waals surface area contributed by atoms with E-state index in [4.69, 9.17) is 4.74 Å². The zero-order valence-corrected chi connectivity index (χ0v) is 17.2. The van der Waals surface area contributed by atoms with Gasteiger partial charge in [0.1, 0.15) is 5.75 Å². The highest BCUT2D eigenvalue weighted by Crippen LogP contribution is 2.28. The number of amides is 2. The van der Waals surface area contributed by atoms with Crippen LogP contribution in [0.2, 0.25) is 0 Å². The van der Waals surface area contributed by atoms with Crippen LogP contribution < -0.4 is 15.4 Å². The molecule has 0 aliphatic heterocycles. The molecule has 3 rings (SSSR count). The van der Waals surface area contributed by atoms with Gasteiger partial charge in [0.25, 0.3) is 11.8 Å². The van der Waals surface area contributed by atoms with E-state index in [1.54, 1.807) is 36.4 Å². The monoisotopic (exact) mass is 402 g/mol. The fourth-order valence-electron chi connectivity index (χ4n) is 3.01. The Kier molecular flexibility index (Phi) is 7.22. The summed E-state index contributed by atoms with van der Waals surface area (Å²) >= 11 is 0. The SMILES string of the molecule is CCC(C)c1ccccc1OCC(=O)Nc1ccc(NC(=O)c2ccccc2)cc1. The zero-order chi connectivity index (χ0) is 21.3. The van der Waals surface area contributed by atoms with Gasteiger partial charge in [-0.1, -0.05) is 50.2 Å². The number of rotatable bonds is 8. The third kappa shape index (κ3) is 5.70. The minimum Gasteiger partial charge on any atom is -0.483 e. The van der Waals surface area contributed by atoms with E-state index in [9.17, 15) is 9.59 Å². The summed E-state index contributed by atoms with van der Waals surface area (Å²) in [4.78, 5) is 24.5. The number of hydrogen-bond donors (Lipinski definition) is 2. The molecule has 0 bridgehead atoms. The lowest BCUT2D eigenvalue weighted by Crippen LogP contribution is -2.20. The normalized spacial score (nSPS) is 11.4. The highest BCUT2D eigenvalue weighted by Gasteiger charge is 2.11. The molecule has 5 heteroatoms. The van der Waals surface area contributed by atoms with Crippen LogP contribution in [0.25, 0.3) is 0 Å². The van der Waals surface area contributed by atoms with Gasteiger partial charge in [-0.15, -0.1) is 0 Å². The Hall–Kier alpha value is -3.60. The molecule has 0 saturated heterocycles.